The van der Waals surface area contributed by atoms with Crippen LogP contribution in [-0.4, -0.2) is 16.4 Å². The monoisotopic (exact) mass is 338 g/mol. The number of hydrogen-bond donors (Lipinski definition) is 1. The van der Waals surface area contributed by atoms with E-state index in [0.717, 1.165) is 0 Å². The first-order valence-corrected chi connectivity index (χ1v) is 5.73. The minimum atomic E-state index is -2.21. The largest absolute Gasteiger partial charge is 0.412 e. The van der Waals surface area contributed by atoms with Crippen LogP contribution in [0.4, 0.5) is 26.3 Å². The summed E-state index contributed by atoms with van der Waals surface area (Å²) in [7, 11) is 0. The van der Waals surface area contributed by atoms with Crippen molar-refractivity contribution in [1.82, 2.24) is 0 Å². The van der Waals surface area contributed by atoms with Gasteiger partial charge in [-0.25, -0.2) is 26.3 Å². The van der Waals surface area contributed by atoms with Crippen LogP contribution in [0.3, 0.4) is 0 Å². The summed E-state index contributed by atoms with van der Waals surface area (Å²) in [6, 6.07) is 1.36. The zero-order chi connectivity index (χ0) is 16.6. The highest BCUT2D eigenvalue weighted by Gasteiger charge is 2.24. The van der Waals surface area contributed by atoms with E-state index < -0.39 is 57.9 Å². The predicted molar refractivity (Wildman–Crippen MR) is 65.5 cm³/mol. The van der Waals surface area contributed by atoms with Crippen molar-refractivity contribution in [3.05, 3.63) is 70.3 Å². The molecule has 9 heteroatoms. The number of rotatable bonds is 3. The molecule has 1 unspecified atom stereocenters. The van der Waals surface area contributed by atoms with Crippen molar-refractivity contribution in [1.29, 1.82) is 0 Å². The fourth-order valence-electron chi connectivity index (χ4n) is 1.74. The normalized spacial score (nSPS) is 11.8. The molecule has 0 aromatic heterocycles. The van der Waals surface area contributed by atoms with Gasteiger partial charge in [-0.15, -0.1) is 0 Å². The van der Waals surface area contributed by atoms with Gasteiger partial charge in [-0.1, -0.05) is 0 Å². The molecular formula is C14H8F6O3. The molecule has 0 radical (unpaired) electrons. The summed E-state index contributed by atoms with van der Waals surface area (Å²) in [5.74, 6) is -11.6. The third-order valence-corrected chi connectivity index (χ3v) is 2.84. The molecule has 23 heavy (non-hydrogen) atoms. The zero-order valence-electron chi connectivity index (χ0n) is 11.0. The molecule has 0 aliphatic rings. The maximum atomic E-state index is 13.0. The Bertz CT molecular complexity index is 716. The van der Waals surface area contributed by atoms with E-state index in [2.05, 4.69) is 0 Å². The molecular weight excluding hydrogens is 330 g/mol. The molecule has 124 valence electrons. The number of ketones is 1. The lowest BCUT2D eigenvalue weighted by atomic mass is 9.99. The summed E-state index contributed by atoms with van der Waals surface area (Å²) in [5.41, 5.74) is -1.42. The average Bonchev–Trinajstić information content (AvgIpc) is 2.47. The van der Waals surface area contributed by atoms with Gasteiger partial charge in [0.05, 0.1) is 0 Å². The van der Waals surface area contributed by atoms with Gasteiger partial charge in [-0.2, -0.15) is 0 Å². The molecule has 0 fully saturated rings. The second kappa shape index (κ2) is 6.80. The molecule has 0 bridgehead atoms. The quantitative estimate of drug-likeness (QED) is 0.531. The zero-order valence-corrected chi connectivity index (χ0v) is 11.0. The van der Waals surface area contributed by atoms with Gasteiger partial charge in [-0.05, 0) is 29.8 Å². The van der Waals surface area contributed by atoms with Crippen LogP contribution < -0.4 is 0 Å². The SMILES string of the molecule is O.O=C(c1cc(F)c(F)c(F)c1)C(O)c1cc(F)c(F)c(F)c1. The number of Topliss-reactive ketones (excluding diaryl/α,β-unsaturated/α-hetero) is 1. The first kappa shape index (κ1) is 18.7. The van der Waals surface area contributed by atoms with E-state index in [1.807, 2.05) is 0 Å². The van der Waals surface area contributed by atoms with Gasteiger partial charge in [0.15, 0.2) is 40.7 Å². The van der Waals surface area contributed by atoms with Crippen LogP contribution in [0.1, 0.15) is 22.0 Å². The molecule has 1 atom stereocenters. The maximum Gasteiger partial charge on any atom is 0.196 e. The van der Waals surface area contributed by atoms with Crippen molar-refractivity contribution in [2.24, 2.45) is 0 Å². The fraction of sp³-hybridized carbons (Fsp3) is 0.0714. The number of aliphatic hydroxyl groups excluding tert-OH is 1. The van der Waals surface area contributed by atoms with Crippen molar-refractivity contribution < 1.29 is 41.7 Å². The minimum absolute atomic E-state index is 0. The molecule has 0 saturated carbocycles. The van der Waals surface area contributed by atoms with E-state index in [9.17, 15) is 36.2 Å². The van der Waals surface area contributed by atoms with Gasteiger partial charge in [0.25, 0.3) is 0 Å². The number of carbonyl (C=O) groups is 1. The van der Waals surface area contributed by atoms with Crippen LogP contribution in [0, 0.1) is 34.9 Å². The summed E-state index contributed by atoms with van der Waals surface area (Å²) in [4.78, 5) is 11.8. The second-order valence-electron chi connectivity index (χ2n) is 4.32. The summed E-state index contributed by atoms with van der Waals surface area (Å²) in [6.45, 7) is 0. The Hall–Kier alpha value is -2.39. The molecule has 3 N–H and O–H groups in total. The van der Waals surface area contributed by atoms with Crippen molar-refractivity contribution in [3.8, 4) is 0 Å². The lowest BCUT2D eigenvalue weighted by Crippen LogP contribution is -2.14. The topological polar surface area (TPSA) is 68.8 Å². The van der Waals surface area contributed by atoms with Crippen LogP contribution in [0.5, 0.6) is 0 Å². The summed E-state index contributed by atoms with van der Waals surface area (Å²) in [5, 5.41) is 9.69. The first-order chi connectivity index (χ1) is 10.2. The van der Waals surface area contributed by atoms with E-state index in [-0.39, 0.29) is 5.48 Å². The molecule has 0 aliphatic heterocycles. The van der Waals surface area contributed by atoms with Gasteiger partial charge < -0.3 is 10.6 Å². The van der Waals surface area contributed by atoms with Crippen molar-refractivity contribution in [2.45, 2.75) is 6.10 Å². The average molecular weight is 338 g/mol. The van der Waals surface area contributed by atoms with E-state index in [1.165, 1.54) is 0 Å². The highest BCUT2D eigenvalue weighted by atomic mass is 19.2. The van der Waals surface area contributed by atoms with Gasteiger partial charge in [0, 0.05) is 5.56 Å². The van der Waals surface area contributed by atoms with Crippen molar-refractivity contribution in [2.75, 3.05) is 0 Å². The third kappa shape index (κ3) is 3.51. The lowest BCUT2D eigenvalue weighted by Gasteiger charge is -2.11. The Labute approximate surface area is 125 Å². The van der Waals surface area contributed by atoms with Crippen molar-refractivity contribution >= 4 is 5.78 Å². The summed E-state index contributed by atoms with van der Waals surface area (Å²) < 4.78 is 77.7. The van der Waals surface area contributed by atoms with E-state index in [1.54, 1.807) is 0 Å². The van der Waals surface area contributed by atoms with Gasteiger partial charge >= 0.3 is 0 Å². The van der Waals surface area contributed by atoms with Gasteiger partial charge in [0.2, 0.25) is 0 Å². The summed E-state index contributed by atoms with van der Waals surface area (Å²) >= 11 is 0. The number of aliphatic hydroxyl groups is 1. The smallest absolute Gasteiger partial charge is 0.196 e. The van der Waals surface area contributed by atoms with Crippen molar-refractivity contribution in [3.63, 3.8) is 0 Å². The van der Waals surface area contributed by atoms with Crippen LogP contribution in [0.2, 0.25) is 0 Å². The highest BCUT2D eigenvalue weighted by molar-refractivity contribution is 5.99. The molecule has 3 nitrogen and oxygen atoms in total. The Morgan fingerprint density at radius 2 is 1.13 bits per heavy atom. The number of benzene rings is 2. The second-order valence-corrected chi connectivity index (χ2v) is 4.32. The Balaban J connectivity index is 0.00000264. The minimum Gasteiger partial charge on any atom is -0.412 e. The van der Waals surface area contributed by atoms with Crippen LogP contribution in [0.25, 0.3) is 0 Å². The van der Waals surface area contributed by atoms with E-state index >= 15 is 0 Å². The molecule has 2 aromatic rings. The molecule has 0 heterocycles. The molecule has 0 saturated heterocycles. The van der Waals surface area contributed by atoms with Gasteiger partial charge in [-0.3, -0.25) is 4.79 Å². The molecule has 0 aliphatic carbocycles. The fourth-order valence-corrected chi connectivity index (χ4v) is 1.74. The van der Waals surface area contributed by atoms with Gasteiger partial charge in [0.1, 0.15) is 6.10 Å². The highest BCUT2D eigenvalue weighted by Crippen LogP contribution is 2.24. The Kier molecular flexibility index (Phi) is 5.51. The Morgan fingerprint density at radius 1 is 0.783 bits per heavy atom. The Morgan fingerprint density at radius 3 is 1.52 bits per heavy atom. The first-order valence-electron chi connectivity index (χ1n) is 5.73. The lowest BCUT2D eigenvalue weighted by molar-refractivity contribution is 0.0745. The third-order valence-electron chi connectivity index (χ3n) is 2.84. The predicted octanol–water partition coefficient (Wildman–Crippen LogP) is 2.61. The number of carbonyl (C=O) groups excluding carboxylic acids is 1. The van der Waals surface area contributed by atoms with E-state index in [4.69, 9.17) is 0 Å². The number of halogens is 6. The van der Waals surface area contributed by atoms with Crippen LogP contribution in [-0.2, 0) is 0 Å². The standard InChI is InChI=1S/C14H6F6O2.H2O/c15-7-1-5(2-8(16)11(7)19)13(21)14(22)6-3-9(17)12(20)10(18)4-6;/h1-4,13,21H;1H2. The molecule has 2 aromatic carbocycles. The molecule has 0 spiro atoms. The maximum absolute atomic E-state index is 13.0. The van der Waals surface area contributed by atoms with Crippen LogP contribution in [0.15, 0.2) is 24.3 Å². The molecule has 0 amide bonds. The number of hydrogen-bond acceptors (Lipinski definition) is 2. The van der Waals surface area contributed by atoms with E-state index in [0.29, 0.717) is 24.3 Å². The summed E-state index contributed by atoms with van der Waals surface area (Å²) in [6.07, 6.45) is -2.21. The molecule has 2 rings (SSSR count). The van der Waals surface area contributed by atoms with Crippen LogP contribution >= 0.6 is 0 Å².